The molecule has 0 spiro atoms. The van der Waals surface area contributed by atoms with E-state index in [0.717, 1.165) is 5.56 Å². The molecule has 6 nitrogen and oxygen atoms in total. The summed E-state index contributed by atoms with van der Waals surface area (Å²) in [7, 11) is -2.29. The van der Waals surface area contributed by atoms with E-state index in [9.17, 15) is 8.42 Å². The van der Waals surface area contributed by atoms with E-state index in [-0.39, 0.29) is 23.7 Å². The van der Waals surface area contributed by atoms with E-state index >= 15 is 0 Å². The van der Waals surface area contributed by atoms with Crippen molar-refractivity contribution in [3.8, 4) is 0 Å². The summed E-state index contributed by atoms with van der Waals surface area (Å²) >= 11 is 0. The smallest absolute Gasteiger partial charge is 0.297 e. The van der Waals surface area contributed by atoms with Crippen molar-refractivity contribution in [1.29, 1.82) is 0 Å². The summed E-state index contributed by atoms with van der Waals surface area (Å²) < 4.78 is 45.3. The molecule has 2 saturated heterocycles. The highest BCUT2D eigenvalue weighted by Crippen LogP contribution is 2.37. The lowest BCUT2D eigenvalue weighted by molar-refractivity contribution is -0.157. The monoisotopic (exact) mass is 300 g/mol. The Morgan fingerprint density at radius 2 is 1.90 bits per heavy atom. The quantitative estimate of drug-likeness (QED) is 0.606. The first-order valence-electron chi connectivity index (χ1n) is 6.31. The van der Waals surface area contributed by atoms with Crippen LogP contribution in [0.25, 0.3) is 0 Å². The van der Waals surface area contributed by atoms with Gasteiger partial charge < -0.3 is 14.2 Å². The van der Waals surface area contributed by atoms with Gasteiger partial charge in [-0.05, 0) is 19.1 Å². The van der Waals surface area contributed by atoms with E-state index in [4.69, 9.17) is 18.4 Å². The van der Waals surface area contributed by atoms with Gasteiger partial charge in [0.25, 0.3) is 10.1 Å². The number of epoxide rings is 1. The summed E-state index contributed by atoms with van der Waals surface area (Å²) in [5, 5.41) is 0. The highest BCUT2D eigenvalue weighted by Gasteiger charge is 2.56. The maximum Gasteiger partial charge on any atom is 0.297 e. The van der Waals surface area contributed by atoms with E-state index in [1.165, 1.54) is 19.2 Å². The minimum atomic E-state index is -3.81. The predicted octanol–water partition coefficient (Wildman–Crippen LogP) is 0.839. The molecule has 0 aromatic heterocycles. The number of hydrogen-bond donors (Lipinski definition) is 0. The van der Waals surface area contributed by atoms with Crippen molar-refractivity contribution in [2.24, 2.45) is 0 Å². The Morgan fingerprint density at radius 3 is 2.55 bits per heavy atom. The molecule has 2 heterocycles. The van der Waals surface area contributed by atoms with Crippen LogP contribution in [0.4, 0.5) is 0 Å². The molecule has 1 aromatic carbocycles. The Kier molecular flexibility index (Phi) is 3.55. The molecular formula is C13H16O6S. The fourth-order valence-corrected chi connectivity index (χ4v) is 3.31. The first kappa shape index (κ1) is 14.0. The van der Waals surface area contributed by atoms with Gasteiger partial charge in [-0.15, -0.1) is 0 Å². The fourth-order valence-electron chi connectivity index (χ4n) is 2.24. The lowest BCUT2D eigenvalue weighted by atomic mass is 10.1. The van der Waals surface area contributed by atoms with Crippen LogP contribution in [-0.2, 0) is 28.5 Å². The lowest BCUT2D eigenvalue weighted by Crippen LogP contribution is -2.40. The van der Waals surface area contributed by atoms with Gasteiger partial charge in [0.1, 0.15) is 18.3 Å². The summed E-state index contributed by atoms with van der Waals surface area (Å²) in [5.41, 5.74) is 0.985. The molecule has 7 heteroatoms. The summed E-state index contributed by atoms with van der Waals surface area (Å²) in [6, 6.07) is 6.51. The first-order valence-corrected chi connectivity index (χ1v) is 7.72. The summed E-state index contributed by atoms with van der Waals surface area (Å²) in [5.74, 6) is 0. The molecule has 0 radical (unpaired) electrons. The Bertz CT molecular complexity index is 581. The molecular weight excluding hydrogens is 284 g/mol. The minimum absolute atomic E-state index is 0.130. The van der Waals surface area contributed by atoms with Crippen LogP contribution >= 0.6 is 0 Å². The average molecular weight is 300 g/mol. The standard InChI is InChI=1S/C13H16O6S/c1-8-3-5-9(6-4-8)20(14,15)19-10-7-17-13(16-2)12-11(10)18-12/h3-6,10-13H,7H2,1-2H3/t10-,11-,12-,13+/m1/s1. The van der Waals surface area contributed by atoms with E-state index in [1.807, 2.05) is 6.92 Å². The number of aryl methyl sites for hydroxylation is 1. The van der Waals surface area contributed by atoms with Crippen LogP contribution in [0, 0.1) is 6.92 Å². The van der Waals surface area contributed by atoms with Crippen LogP contribution in [0.3, 0.4) is 0 Å². The molecule has 2 aliphatic heterocycles. The zero-order valence-electron chi connectivity index (χ0n) is 11.2. The number of ether oxygens (including phenoxy) is 3. The van der Waals surface area contributed by atoms with Crippen LogP contribution in [0.2, 0.25) is 0 Å². The van der Waals surface area contributed by atoms with E-state index < -0.39 is 22.5 Å². The van der Waals surface area contributed by atoms with Crippen molar-refractivity contribution < 1.29 is 26.8 Å². The maximum atomic E-state index is 12.2. The van der Waals surface area contributed by atoms with Crippen LogP contribution in [0.5, 0.6) is 0 Å². The molecule has 0 bridgehead atoms. The summed E-state index contributed by atoms with van der Waals surface area (Å²) in [6.07, 6.45) is -1.60. The van der Waals surface area contributed by atoms with Crippen molar-refractivity contribution in [1.82, 2.24) is 0 Å². The van der Waals surface area contributed by atoms with Gasteiger partial charge in [-0.25, -0.2) is 0 Å². The van der Waals surface area contributed by atoms with Crippen molar-refractivity contribution in [3.63, 3.8) is 0 Å². The molecule has 0 aliphatic carbocycles. The van der Waals surface area contributed by atoms with E-state index in [2.05, 4.69) is 0 Å². The van der Waals surface area contributed by atoms with Crippen LogP contribution < -0.4 is 0 Å². The fraction of sp³-hybridized carbons (Fsp3) is 0.538. The van der Waals surface area contributed by atoms with Gasteiger partial charge >= 0.3 is 0 Å². The highest BCUT2D eigenvalue weighted by atomic mass is 32.2. The van der Waals surface area contributed by atoms with Crippen molar-refractivity contribution in [2.45, 2.75) is 36.4 Å². The Labute approximate surface area is 117 Å². The maximum absolute atomic E-state index is 12.2. The topological polar surface area (TPSA) is 74.4 Å². The predicted molar refractivity (Wildman–Crippen MR) is 68.6 cm³/mol. The Morgan fingerprint density at radius 1 is 1.20 bits per heavy atom. The largest absolute Gasteiger partial charge is 0.361 e. The van der Waals surface area contributed by atoms with Gasteiger partial charge in [-0.2, -0.15) is 8.42 Å². The average Bonchev–Trinajstić information content (AvgIpc) is 3.20. The molecule has 20 heavy (non-hydrogen) atoms. The SMILES string of the molecule is CO[C@H]1OC[C@@H](OS(=O)(=O)c2ccc(C)cc2)[C@H]2O[C@@H]12. The van der Waals surface area contributed by atoms with Gasteiger partial charge in [-0.1, -0.05) is 17.7 Å². The van der Waals surface area contributed by atoms with E-state index in [0.29, 0.717) is 0 Å². The molecule has 4 atom stereocenters. The second-order valence-corrected chi connectivity index (χ2v) is 6.48. The molecule has 0 unspecified atom stereocenters. The van der Waals surface area contributed by atoms with Crippen LogP contribution in [0.15, 0.2) is 29.2 Å². The zero-order valence-corrected chi connectivity index (χ0v) is 12.0. The first-order chi connectivity index (χ1) is 9.51. The van der Waals surface area contributed by atoms with Crippen molar-refractivity contribution >= 4 is 10.1 Å². The molecule has 0 amide bonds. The van der Waals surface area contributed by atoms with E-state index in [1.54, 1.807) is 12.1 Å². The number of methoxy groups -OCH3 is 1. The molecule has 2 aliphatic rings. The molecule has 0 N–H and O–H groups in total. The molecule has 0 saturated carbocycles. The molecule has 1 aromatic rings. The molecule has 3 rings (SSSR count). The van der Waals surface area contributed by atoms with Crippen molar-refractivity contribution in [2.75, 3.05) is 13.7 Å². The highest BCUT2D eigenvalue weighted by molar-refractivity contribution is 7.86. The second kappa shape index (κ2) is 5.09. The third kappa shape index (κ3) is 2.59. The van der Waals surface area contributed by atoms with Gasteiger partial charge in [0.2, 0.25) is 0 Å². The minimum Gasteiger partial charge on any atom is -0.361 e. The normalized spacial score (nSPS) is 32.7. The number of fused-ring (bicyclic) bond motifs is 1. The number of rotatable bonds is 4. The number of hydrogen-bond acceptors (Lipinski definition) is 6. The lowest BCUT2D eigenvalue weighted by Gasteiger charge is -2.23. The van der Waals surface area contributed by atoms with Gasteiger partial charge in [0.05, 0.1) is 11.5 Å². The van der Waals surface area contributed by atoms with Gasteiger partial charge in [0, 0.05) is 7.11 Å². The number of benzene rings is 1. The Balaban J connectivity index is 1.70. The molecule has 2 fully saturated rings. The van der Waals surface area contributed by atoms with Gasteiger partial charge in [0.15, 0.2) is 6.29 Å². The second-order valence-electron chi connectivity index (χ2n) is 4.90. The zero-order chi connectivity index (χ0) is 14.3. The Hall–Kier alpha value is -0.990. The third-order valence-corrected chi connectivity index (χ3v) is 4.76. The van der Waals surface area contributed by atoms with Crippen LogP contribution in [-0.4, -0.2) is 46.7 Å². The van der Waals surface area contributed by atoms with Crippen LogP contribution in [0.1, 0.15) is 5.56 Å². The molecule has 110 valence electrons. The summed E-state index contributed by atoms with van der Waals surface area (Å²) in [6.45, 7) is 2.02. The third-order valence-electron chi connectivity index (χ3n) is 3.41. The van der Waals surface area contributed by atoms with Crippen molar-refractivity contribution in [3.05, 3.63) is 29.8 Å². The summed E-state index contributed by atoms with van der Waals surface area (Å²) in [4.78, 5) is 0.133. The van der Waals surface area contributed by atoms with Gasteiger partial charge in [-0.3, -0.25) is 4.18 Å².